The number of nitrogens with zero attached hydrogens (tertiary/aromatic N) is 3. The minimum atomic E-state index is 0.478. The summed E-state index contributed by atoms with van der Waals surface area (Å²) in [4.78, 5) is 9.52. The molecule has 6 heteroatoms. The highest BCUT2D eigenvalue weighted by molar-refractivity contribution is 7.15. The van der Waals surface area contributed by atoms with E-state index >= 15 is 0 Å². The molecular formula is C13H9Cl2N3S. The first-order valence-corrected chi connectivity index (χ1v) is 7.23. The van der Waals surface area contributed by atoms with Crippen molar-refractivity contribution < 1.29 is 0 Å². The number of fused-ring (bicyclic) bond motifs is 1. The number of imidazole rings is 1. The Kier molecular flexibility index (Phi) is 3.55. The van der Waals surface area contributed by atoms with Crippen LogP contribution in [0.3, 0.4) is 0 Å². The molecule has 1 aromatic carbocycles. The van der Waals surface area contributed by atoms with E-state index in [1.54, 1.807) is 17.6 Å². The Morgan fingerprint density at radius 1 is 1.26 bits per heavy atom. The summed E-state index contributed by atoms with van der Waals surface area (Å²) >= 11 is 13.5. The molecule has 19 heavy (non-hydrogen) atoms. The Balaban J connectivity index is 1.80. The molecule has 2 aromatic heterocycles. The molecule has 0 N–H and O–H groups in total. The average Bonchev–Trinajstić information content (AvgIpc) is 2.94. The maximum Gasteiger partial charge on any atom is 0.195 e. The van der Waals surface area contributed by atoms with E-state index in [0.717, 1.165) is 21.2 Å². The van der Waals surface area contributed by atoms with Gasteiger partial charge in [0.2, 0.25) is 0 Å². The summed E-state index contributed by atoms with van der Waals surface area (Å²) in [5, 5.41) is 3.17. The van der Waals surface area contributed by atoms with Crippen molar-refractivity contribution in [1.29, 1.82) is 0 Å². The molecule has 0 aliphatic rings. The smallest absolute Gasteiger partial charge is 0.195 e. The van der Waals surface area contributed by atoms with E-state index in [-0.39, 0.29) is 0 Å². The summed E-state index contributed by atoms with van der Waals surface area (Å²) in [5.41, 5.74) is 1.91. The number of thiazole rings is 1. The van der Waals surface area contributed by atoms with Crippen LogP contribution in [0.5, 0.6) is 0 Å². The SMILES string of the molecule is Clc1ccc(CN=Cc2c(Cl)nc3sccn23)cc1. The molecule has 0 saturated carbocycles. The van der Waals surface area contributed by atoms with Gasteiger partial charge in [-0.3, -0.25) is 9.39 Å². The highest BCUT2D eigenvalue weighted by Gasteiger charge is 2.08. The first-order chi connectivity index (χ1) is 9.24. The predicted molar refractivity (Wildman–Crippen MR) is 80.8 cm³/mol. The van der Waals surface area contributed by atoms with Crippen LogP contribution in [0, 0.1) is 0 Å². The number of benzene rings is 1. The Labute approximate surface area is 124 Å². The molecule has 0 amide bonds. The first-order valence-electron chi connectivity index (χ1n) is 5.59. The molecular weight excluding hydrogens is 301 g/mol. The van der Waals surface area contributed by atoms with Gasteiger partial charge in [0, 0.05) is 22.8 Å². The molecule has 0 atom stereocenters. The van der Waals surface area contributed by atoms with Crippen LogP contribution in [0.4, 0.5) is 0 Å². The third-order valence-corrected chi connectivity index (χ3v) is 3.94. The predicted octanol–water partition coefficient (Wildman–Crippen LogP) is 4.32. The highest BCUT2D eigenvalue weighted by atomic mass is 35.5. The van der Waals surface area contributed by atoms with Crippen LogP contribution in [0.2, 0.25) is 10.2 Å². The summed E-state index contributed by atoms with van der Waals surface area (Å²) in [6.07, 6.45) is 3.69. The second-order valence-corrected chi connectivity index (χ2v) is 5.61. The molecule has 0 radical (unpaired) electrons. The van der Waals surface area contributed by atoms with Gasteiger partial charge in [-0.05, 0) is 17.7 Å². The third kappa shape index (κ3) is 2.66. The highest BCUT2D eigenvalue weighted by Crippen LogP contribution is 2.19. The lowest BCUT2D eigenvalue weighted by Crippen LogP contribution is -1.89. The van der Waals surface area contributed by atoms with Gasteiger partial charge in [-0.15, -0.1) is 11.3 Å². The number of hydrogen-bond acceptors (Lipinski definition) is 3. The molecule has 0 spiro atoms. The molecule has 0 fully saturated rings. The van der Waals surface area contributed by atoms with Crippen molar-refractivity contribution in [2.24, 2.45) is 4.99 Å². The fraction of sp³-hybridized carbons (Fsp3) is 0.0769. The Bertz CT molecular complexity index is 728. The van der Waals surface area contributed by atoms with E-state index in [1.807, 2.05) is 40.2 Å². The molecule has 0 bridgehead atoms. The van der Waals surface area contributed by atoms with Gasteiger partial charge >= 0.3 is 0 Å². The Hall–Kier alpha value is -1.36. The van der Waals surface area contributed by atoms with Crippen molar-refractivity contribution in [3.8, 4) is 0 Å². The lowest BCUT2D eigenvalue weighted by molar-refractivity contribution is 1.07. The summed E-state index contributed by atoms with van der Waals surface area (Å²) in [7, 11) is 0. The number of aromatic nitrogens is 2. The number of rotatable bonds is 3. The lowest BCUT2D eigenvalue weighted by atomic mass is 10.2. The molecule has 0 aliphatic carbocycles. The van der Waals surface area contributed by atoms with Crippen LogP contribution in [0.15, 0.2) is 40.8 Å². The van der Waals surface area contributed by atoms with Crippen LogP contribution < -0.4 is 0 Å². The summed E-state index contributed by atoms with van der Waals surface area (Å²) < 4.78 is 1.93. The second kappa shape index (κ2) is 5.33. The fourth-order valence-electron chi connectivity index (χ4n) is 1.72. The van der Waals surface area contributed by atoms with E-state index in [0.29, 0.717) is 11.7 Å². The number of hydrogen-bond donors (Lipinski definition) is 0. The molecule has 96 valence electrons. The van der Waals surface area contributed by atoms with Gasteiger partial charge in [-0.1, -0.05) is 35.3 Å². The largest absolute Gasteiger partial charge is 0.288 e. The van der Waals surface area contributed by atoms with Gasteiger partial charge in [0.05, 0.1) is 6.54 Å². The van der Waals surface area contributed by atoms with E-state index in [4.69, 9.17) is 23.2 Å². The second-order valence-electron chi connectivity index (χ2n) is 3.94. The van der Waals surface area contributed by atoms with Gasteiger partial charge in [0.15, 0.2) is 10.1 Å². The van der Waals surface area contributed by atoms with Crippen molar-refractivity contribution in [2.45, 2.75) is 6.54 Å². The average molecular weight is 310 g/mol. The van der Waals surface area contributed by atoms with E-state index in [2.05, 4.69) is 9.98 Å². The van der Waals surface area contributed by atoms with Crippen molar-refractivity contribution in [3.63, 3.8) is 0 Å². The fourth-order valence-corrected chi connectivity index (χ4v) is 2.84. The standard InChI is InChI=1S/C13H9Cl2N3S/c14-10-3-1-9(2-4-10)7-16-8-11-12(15)17-13-18(11)5-6-19-13/h1-6,8H,7H2. The summed E-state index contributed by atoms with van der Waals surface area (Å²) in [6, 6.07) is 7.63. The zero-order chi connectivity index (χ0) is 13.2. The molecule has 2 heterocycles. The Morgan fingerprint density at radius 3 is 2.84 bits per heavy atom. The van der Waals surface area contributed by atoms with Gasteiger partial charge in [0.25, 0.3) is 0 Å². The van der Waals surface area contributed by atoms with E-state index < -0.39 is 0 Å². The van der Waals surface area contributed by atoms with Crippen LogP contribution in [0.1, 0.15) is 11.3 Å². The Morgan fingerprint density at radius 2 is 2.05 bits per heavy atom. The maximum atomic E-state index is 6.08. The molecule has 0 saturated heterocycles. The molecule has 3 rings (SSSR count). The monoisotopic (exact) mass is 309 g/mol. The van der Waals surface area contributed by atoms with Gasteiger partial charge in [-0.2, -0.15) is 0 Å². The molecule has 0 aliphatic heterocycles. The first kappa shape index (κ1) is 12.7. The molecule has 0 unspecified atom stereocenters. The van der Waals surface area contributed by atoms with E-state index in [1.165, 1.54) is 0 Å². The summed E-state index contributed by atoms with van der Waals surface area (Å²) in [5.74, 6) is 0. The number of halogens is 2. The van der Waals surface area contributed by atoms with Gasteiger partial charge in [-0.25, -0.2) is 4.98 Å². The lowest BCUT2D eigenvalue weighted by Gasteiger charge is -1.96. The number of aliphatic imine (C=N–C) groups is 1. The van der Waals surface area contributed by atoms with Gasteiger partial charge in [0.1, 0.15) is 5.69 Å². The van der Waals surface area contributed by atoms with Crippen molar-refractivity contribution in [3.05, 3.63) is 57.3 Å². The third-order valence-electron chi connectivity index (χ3n) is 2.65. The van der Waals surface area contributed by atoms with Crippen molar-refractivity contribution in [1.82, 2.24) is 9.38 Å². The van der Waals surface area contributed by atoms with E-state index in [9.17, 15) is 0 Å². The molecule has 3 aromatic rings. The topological polar surface area (TPSA) is 29.7 Å². The molecule has 3 nitrogen and oxygen atoms in total. The maximum absolute atomic E-state index is 6.08. The summed E-state index contributed by atoms with van der Waals surface area (Å²) in [6.45, 7) is 0.588. The van der Waals surface area contributed by atoms with Crippen LogP contribution in [-0.2, 0) is 6.54 Å². The minimum absolute atomic E-state index is 0.478. The van der Waals surface area contributed by atoms with Gasteiger partial charge < -0.3 is 0 Å². The van der Waals surface area contributed by atoms with Crippen molar-refractivity contribution >= 4 is 45.7 Å². The zero-order valence-electron chi connectivity index (χ0n) is 9.75. The normalized spacial score (nSPS) is 11.7. The minimum Gasteiger partial charge on any atom is -0.288 e. The van der Waals surface area contributed by atoms with Crippen LogP contribution in [-0.4, -0.2) is 15.6 Å². The zero-order valence-corrected chi connectivity index (χ0v) is 12.1. The van der Waals surface area contributed by atoms with Crippen molar-refractivity contribution in [2.75, 3.05) is 0 Å². The van der Waals surface area contributed by atoms with Crippen LogP contribution >= 0.6 is 34.5 Å². The quantitative estimate of drug-likeness (QED) is 0.662. The van der Waals surface area contributed by atoms with Crippen LogP contribution in [0.25, 0.3) is 4.96 Å².